The van der Waals surface area contributed by atoms with Gasteiger partial charge in [-0.25, -0.2) is 0 Å². The molecule has 2 N–H and O–H groups in total. The zero-order valence-corrected chi connectivity index (χ0v) is 10.2. The SMILES string of the molecule is O=c1ccc(-c2ccc(Cl)c(Cl)c2)c(CO)[nH]1. The summed E-state index contributed by atoms with van der Waals surface area (Å²) in [6.45, 7) is -0.244. The van der Waals surface area contributed by atoms with Crippen molar-refractivity contribution in [2.24, 2.45) is 0 Å². The van der Waals surface area contributed by atoms with Crippen LogP contribution in [0.15, 0.2) is 35.1 Å². The lowest BCUT2D eigenvalue weighted by Gasteiger charge is -2.07. The number of rotatable bonds is 2. The van der Waals surface area contributed by atoms with Crippen LogP contribution in [0, 0.1) is 0 Å². The van der Waals surface area contributed by atoms with Gasteiger partial charge < -0.3 is 10.1 Å². The van der Waals surface area contributed by atoms with E-state index in [0.29, 0.717) is 15.7 Å². The summed E-state index contributed by atoms with van der Waals surface area (Å²) in [5.41, 5.74) is 1.72. The highest BCUT2D eigenvalue weighted by Gasteiger charge is 2.07. The average Bonchev–Trinajstić information content (AvgIpc) is 2.32. The number of nitrogens with one attached hydrogen (secondary N) is 1. The molecule has 0 amide bonds. The van der Waals surface area contributed by atoms with Crippen molar-refractivity contribution in [3.8, 4) is 11.1 Å². The van der Waals surface area contributed by atoms with Crippen LogP contribution >= 0.6 is 23.2 Å². The van der Waals surface area contributed by atoms with Crippen LogP contribution in [0.2, 0.25) is 10.0 Å². The third-order valence-corrected chi connectivity index (χ3v) is 3.13. The number of aromatic amines is 1. The van der Waals surface area contributed by atoms with E-state index in [2.05, 4.69) is 4.98 Å². The van der Waals surface area contributed by atoms with Crippen LogP contribution in [0.1, 0.15) is 5.69 Å². The third kappa shape index (κ3) is 2.52. The number of hydrogen-bond donors (Lipinski definition) is 2. The number of pyridine rings is 1. The normalized spacial score (nSPS) is 10.5. The van der Waals surface area contributed by atoms with Gasteiger partial charge >= 0.3 is 0 Å². The zero-order valence-electron chi connectivity index (χ0n) is 8.71. The predicted molar refractivity (Wildman–Crippen MR) is 68.4 cm³/mol. The number of halogens is 2. The Labute approximate surface area is 108 Å². The van der Waals surface area contributed by atoms with Crippen LogP contribution in [0.4, 0.5) is 0 Å². The van der Waals surface area contributed by atoms with Gasteiger partial charge in [0.05, 0.1) is 22.3 Å². The number of hydrogen-bond acceptors (Lipinski definition) is 2. The van der Waals surface area contributed by atoms with Gasteiger partial charge in [-0.15, -0.1) is 0 Å². The van der Waals surface area contributed by atoms with Crippen molar-refractivity contribution in [2.45, 2.75) is 6.61 Å². The Bertz CT molecular complexity index is 608. The average molecular weight is 270 g/mol. The molecule has 0 bridgehead atoms. The Kier molecular flexibility index (Phi) is 3.52. The highest BCUT2D eigenvalue weighted by atomic mass is 35.5. The molecule has 0 aliphatic carbocycles. The third-order valence-electron chi connectivity index (χ3n) is 2.39. The Morgan fingerprint density at radius 2 is 1.88 bits per heavy atom. The second-order valence-electron chi connectivity index (χ2n) is 3.50. The number of aromatic nitrogens is 1. The summed E-state index contributed by atoms with van der Waals surface area (Å²) in [6.07, 6.45) is 0. The van der Waals surface area contributed by atoms with Crippen LogP contribution in [-0.2, 0) is 6.61 Å². The van der Waals surface area contributed by atoms with Gasteiger partial charge in [-0.1, -0.05) is 29.3 Å². The first kappa shape index (κ1) is 12.2. The van der Waals surface area contributed by atoms with Crippen molar-refractivity contribution >= 4 is 23.2 Å². The number of H-pyrrole nitrogens is 1. The molecule has 0 atom stereocenters. The lowest BCUT2D eigenvalue weighted by molar-refractivity contribution is 0.277. The van der Waals surface area contributed by atoms with Gasteiger partial charge in [0.2, 0.25) is 5.56 Å². The summed E-state index contributed by atoms with van der Waals surface area (Å²) in [5.74, 6) is 0. The maximum absolute atomic E-state index is 11.1. The standard InChI is InChI=1S/C12H9Cl2NO2/c13-9-3-1-7(5-10(9)14)8-2-4-12(17)15-11(8)6-16/h1-5,16H,6H2,(H,15,17). The van der Waals surface area contributed by atoms with E-state index >= 15 is 0 Å². The van der Waals surface area contributed by atoms with Gasteiger partial charge in [-0.05, 0) is 23.8 Å². The summed E-state index contributed by atoms with van der Waals surface area (Å²) in [7, 11) is 0. The largest absolute Gasteiger partial charge is 0.390 e. The van der Waals surface area contributed by atoms with Crippen molar-refractivity contribution < 1.29 is 5.11 Å². The first-order valence-electron chi connectivity index (χ1n) is 4.90. The summed E-state index contributed by atoms with van der Waals surface area (Å²) in [5, 5.41) is 10.1. The van der Waals surface area contributed by atoms with Crippen molar-refractivity contribution in [3.63, 3.8) is 0 Å². The van der Waals surface area contributed by atoms with Crippen LogP contribution in [-0.4, -0.2) is 10.1 Å². The first-order chi connectivity index (χ1) is 8.11. The molecule has 1 aromatic carbocycles. The highest BCUT2D eigenvalue weighted by Crippen LogP contribution is 2.29. The van der Waals surface area contributed by atoms with E-state index in [1.807, 2.05) is 0 Å². The second kappa shape index (κ2) is 4.92. The molecule has 0 fully saturated rings. The lowest BCUT2D eigenvalue weighted by atomic mass is 10.0. The molecule has 5 heteroatoms. The van der Waals surface area contributed by atoms with E-state index in [1.54, 1.807) is 24.3 Å². The van der Waals surface area contributed by atoms with Crippen molar-refractivity contribution in [1.82, 2.24) is 4.98 Å². The van der Waals surface area contributed by atoms with Gasteiger partial charge in [0.15, 0.2) is 0 Å². The molecule has 88 valence electrons. The Morgan fingerprint density at radius 3 is 2.53 bits per heavy atom. The summed E-state index contributed by atoms with van der Waals surface area (Å²) >= 11 is 11.8. The molecule has 3 nitrogen and oxygen atoms in total. The highest BCUT2D eigenvalue weighted by molar-refractivity contribution is 6.42. The van der Waals surface area contributed by atoms with Gasteiger partial charge in [-0.3, -0.25) is 4.79 Å². The first-order valence-corrected chi connectivity index (χ1v) is 5.66. The molecular formula is C12H9Cl2NO2. The fourth-order valence-corrected chi connectivity index (χ4v) is 1.87. The molecule has 0 saturated heterocycles. The Morgan fingerprint density at radius 1 is 1.12 bits per heavy atom. The smallest absolute Gasteiger partial charge is 0.248 e. The lowest BCUT2D eigenvalue weighted by Crippen LogP contribution is -2.08. The fraction of sp³-hybridized carbons (Fsp3) is 0.0833. The molecule has 17 heavy (non-hydrogen) atoms. The number of aliphatic hydroxyl groups is 1. The van der Waals surface area contributed by atoms with E-state index in [0.717, 1.165) is 11.1 Å². The molecule has 0 unspecified atom stereocenters. The van der Waals surface area contributed by atoms with Crippen molar-refractivity contribution in [1.29, 1.82) is 0 Å². The molecule has 0 aliphatic heterocycles. The van der Waals surface area contributed by atoms with Crippen molar-refractivity contribution in [2.75, 3.05) is 0 Å². The van der Waals surface area contributed by atoms with E-state index in [9.17, 15) is 9.90 Å². The van der Waals surface area contributed by atoms with Gasteiger partial charge in [0.1, 0.15) is 0 Å². The minimum atomic E-state index is -0.252. The molecule has 0 radical (unpaired) electrons. The van der Waals surface area contributed by atoms with Gasteiger partial charge in [0.25, 0.3) is 0 Å². The molecular weight excluding hydrogens is 261 g/mol. The maximum atomic E-state index is 11.1. The zero-order chi connectivity index (χ0) is 12.4. The van der Waals surface area contributed by atoms with Crippen LogP contribution in [0.25, 0.3) is 11.1 Å². The molecule has 0 saturated carbocycles. The molecule has 2 rings (SSSR count). The van der Waals surface area contributed by atoms with Crippen LogP contribution < -0.4 is 5.56 Å². The maximum Gasteiger partial charge on any atom is 0.248 e. The molecule has 0 aliphatic rings. The number of aliphatic hydroxyl groups excluding tert-OH is 1. The van der Waals surface area contributed by atoms with Gasteiger partial charge in [0, 0.05) is 11.6 Å². The molecule has 0 spiro atoms. The Hall–Kier alpha value is -1.29. The quantitative estimate of drug-likeness (QED) is 0.881. The van der Waals surface area contributed by atoms with Gasteiger partial charge in [-0.2, -0.15) is 0 Å². The topological polar surface area (TPSA) is 53.1 Å². The van der Waals surface area contributed by atoms with E-state index in [-0.39, 0.29) is 12.2 Å². The number of benzene rings is 1. The fourth-order valence-electron chi connectivity index (χ4n) is 1.58. The minimum absolute atomic E-state index is 0.244. The van der Waals surface area contributed by atoms with E-state index in [1.165, 1.54) is 6.07 Å². The van der Waals surface area contributed by atoms with Crippen molar-refractivity contribution in [3.05, 3.63) is 56.4 Å². The molecule has 1 aromatic heterocycles. The van der Waals surface area contributed by atoms with Crippen LogP contribution in [0.3, 0.4) is 0 Å². The molecule has 1 heterocycles. The summed E-state index contributed by atoms with van der Waals surface area (Å²) in [4.78, 5) is 13.7. The second-order valence-corrected chi connectivity index (χ2v) is 4.32. The van der Waals surface area contributed by atoms with Crippen LogP contribution in [0.5, 0.6) is 0 Å². The monoisotopic (exact) mass is 269 g/mol. The van der Waals surface area contributed by atoms with E-state index < -0.39 is 0 Å². The predicted octanol–water partition coefficient (Wildman–Crippen LogP) is 2.84. The molecule has 2 aromatic rings. The van der Waals surface area contributed by atoms with E-state index in [4.69, 9.17) is 23.2 Å². The summed E-state index contributed by atoms with van der Waals surface area (Å²) < 4.78 is 0. The summed E-state index contributed by atoms with van der Waals surface area (Å²) in [6, 6.07) is 8.18. The Balaban J connectivity index is 2.59. The minimum Gasteiger partial charge on any atom is -0.390 e.